The van der Waals surface area contributed by atoms with Crippen LogP contribution in [0, 0.1) is 0 Å². The molecule has 0 bridgehead atoms. The van der Waals surface area contributed by atoms with Crippen LogP contribution in [-0.4, -0.2) is 32.6 Å². The van der Waals surface area contributed by atoms with Crippen molar-refractivity contribution >= 4 is 54.9 Å². The number of amides is 1. The zero-order valence-electron chi connectivity index (χ0n) is 16.7. The molecule has 162 valence electrons. The first kappa shape index (κ1) is 24.3. The lowest BCUT2D eigenvalue weighted by molar-refractivity contribution is 0.0977. The van der Waals surface area contributed by atoms with Gasteiger partial charge in [0.05, 0.1) is 16.0 Å². The Hall–Kier alpha value is -2.01. The molecule has 2 aromatic carbocycles. The highest BCUT2D eigenvalue weighted by Crippen LogP contribution is 2.26. The molecule has 0 saturated heterocycles. The number of hydrogen-bond acceptors (Lipinski definition) is 5. The van der Waals surface area contributed by atoms with Crippen LogP contribution in [0.3, 0.4) is 0 Å². The van der Waals surface area contributed by atoms with Crippen LogP contribution in [0.2, 0.25) is 0 Å². The van der Waals surface area contributed by atoms with Gasteiger partial charge in [0.15, 0.2) is 5.11 Å². The first-order valence-electron chi connectivity index (χ1n) is 9.41. The molecule has 30 heavy (non-hydrogen) atoms. The van der Waals surface area contributed by atoms with Gasteiger partial charge in [0, 0.05) is 17.8 Å². The first-order chi connectivity index (χ1) is 14.3. The molecule has 0 fully saturated rings. The minimum Gasteiger partial charge on any atom is -0.492 e. The number of sulfonamides is 1. The lowest BCUT2D eigenvalue weighted by Crippen LogP contribution is -2.34. The topological polar surface area (TPSA) is 96.5 Å². The average Bonchev–Trinajstić information content (AvgIpc) is 2.71. The molecule has 0 heterocycles. The molecule has 3 N–H and O–H groups in total. The van der Waals surface area contributed by atoms with Crippen molar-refractivity contribution < 1.29 is 17.9 Å². The molecule has 2 aromatic rings. The third-order valence-electron chi connectivity index (χ3n) is 3.85. The molecule has 2 rings (SSSR count). The molecule has 0 aromatic heterocycles. The molecule has 1 amide bonds. The molecule has 0 saturated carbocycles. The van der Waals surface area contributed by atoms with Gasteiger partial charge in [0.1, 0.15) is 5.75 Å². The summed E-state index contributed by atoms with van der Waals surface area (Å²) >= 11 is 8.58. The van der Waals surface area contributed by atoms with E-state index in [0.29, 0.717) is 41.0 Å². The Morgan fingerprint density at radius 2 is 1.80 bits per heavy atom. The average molecular weight is 514 g/mol. The van der Waals surface area contributed by atoms with E-state index in [4.69, 9.17) is 17.0 Å². The highest BCUT2D eigenvalue weighted by atomic mass is 79.9. The number of ether oxygens (including phenoxy) is 1. The van der Waals surface area contributed by atoms with E-state index in [9.17, 15) is 13.2 Å². The van der Waals surface area contributed by atoms with Crippen LogP contribution in [0.1, 0.15) is 37.0 Å². The Bertz CT molecular complexity index is 996. The second-order valence-electron chi connectivity index (χ2n) is 6.32. The summed E-state index contributed by atoms with van der Waals surface area (Å²) in [6.07, 6.45) is 1.59. The number of thiocarbonyl (C=S) groups is 1. The van der Waals surface area contributed by atoms with Gasteiger partial charge in [-0.1, -0.05) is 13.8 Å². The van der Waals surface area contributed by atoms with Crippen LogP contribution in [0.25, 0.3) is 0 Å². The molecule has 7 nitrogen and oxygen atoms in total. The smallest absolute Gasteiger partial charge is 0.257 e. The number of carbonyl (C=O) groups excluding carboxylic acids is 1. The second-order valence-corrected chi connectivity index (χ2v) is 9.35. The van der Waals surface area contributed by atoms with Crippen LogP contribution >= 0.6 is 28.1 Å². The standard InChI is InChI=1S/C20H24BrN3O4S2/c1-3-11-22-30(26,27)16-8-6-15(7-9-16)23-20(29)24-19(25)14-5-10-18(17(21)13-14)28-12-4-2/h5-10,13,22H,3-4,11-12H2,1-2H3,(H2,23,24,25,29). The van der Waals surface area contributed by atoms with E-state index >= 15 is 0 Å². The molecule has 10 heteroatoms. The summed E-state index contributed by atoms with van der Waals surface area (Å²) in [5.41, 5.74) is 0.970. The Morgan fingerprint density at radius 1 is 1.10 bits per heavy atom. The third kappa shape index (κ3) is 7.05. The van der Waals surface area contributed by atoms with Crippen molar-refractivity contribution in [1.29, 1.82) is 0 Å². The molecule has 0 unspecified atom stereocenters. The molecule has 0 aliphatic heterocycles. The van der Waals surface area contributed by atoms with Gasteiger partial charge < -0.3 is 10.1 Å². The Balaban J connectivity index is 1.97. The minimum atomic E-state index is -3.53. The van der Waals surface area contributed by atoms with E-state index in [0.717, 1.165) is 6.42 Å². The Kier molecular flexibility index (Phi) is 9.22. The van der Waals surface area contributed by atoms with Gasteiger partial charge in [-0.2, -0.15) is 0 Å². The van der Waals surface area contributed by atoms with Crippen molar-refractivity contribution in [3.8, 4) is 5.75 Å². The summed E-state index contributed by atoms with van der Waals surface area (Å²) in [4.78, 5) is 12.6. The van der Waals surface area contributed by atoms with Gasteiger partial charge in [-0.3, -0.25) is 10.1 Å². The van der Waals surface area contributed by atoms with Crippen LogP contribution in [0.5, 0.6) is 5.75 Å². The maximum atomic E-state index is 12.4. The number of nitrogens with one attached hydrogen (secondary N) is 3. The highest BCUT2D eigenvalue weighted by Gasteiger charge is 2.14. The number of carbonyl (C=O) groups is 1. The predicted molar refractivity (Wildman–Crippen MR) is 126 cm³/mol. The van der Waals surface area contributed by atoms with E-state index in [1.54, 1.807) is 30.3 Å². The first-order valence-corrected chi connectivity index (χ1v) is 12.1. The molecule has 0 spiro atoms. The quantitative estimate of drug-likeness (QED) is 0.437. The van der Waals surface area contributed by atoms with Gasteiger partial charge in [0.2, 0.25) is 10.0 Å². The number of benzene rings is 2. The largest absolute Gasteiger partial charge is 0.492 e. The van der Waals surface area contributed by atoms with Crippen LogP contribution < -0.4 is 20.1 Å². The van der Waals surface area contributed by atoms with E-state index in [2.05, 4.69) is 31.3 Å². The summed E-state index contributed by atoms with van der Waals surface area (Å²) in [5.74, 6) is 0.288. The van der Waals surface area contributed by atoms with E-state index < -0.39 is 10.0 Å². The van der Waals surface area contributed by atoms with Gasteiger partial charge in [0.25, 0.3) is 5.91 Å². The number of halogens is 1. The van der Waals surface area contributed by atoms with Gasteiger partial charge in [-0.15, -0.1) is 0 Å². The zero-order chi connectivity index (χ0) is 22.1. The van der Waals surface area contributed by atoms with E-state index in [1.165, 1.54) is 12.1 Å². The normalized spacial score (nSPS) is 11.0. The van der Waals surface area contributed by atoms with Crippen LogP contribution in [-0.2, 0) is 10.0 Å². The minimum absolute atomic E-state index is 0.0992. The van der Waals surface area contributed by atoms with E-state index in [1.807, 2.05) is 13.8 Å². The van der Waals surface area contributed by atoms with Crippen molar-refractivity contribution in [2.24, 2.45) is 0 Å². The number of anilines is 1. The van der Waals surface area contributed by atoms with Crippen LogP contribution in [0.4, 0.5) is 5.69 Å². The van der Waals surface area contributed by atoms with Crippen molar-refractivity contribution in [2.45, 2.75) is 31.6 Å². The molecular weight excluding hydrogens is 490 g/mol. The predicted octanol–water partition coefficient (Wildman–Crippen LogP) is 4.05. The van der Waals surface area contributed by atoms with Crippen molar-refractivity contribution in [3.05, 3.63) is 52.5 Å². The summed E-state index contributed by atoms with van der Waals surface area (Å²) in [5, 5.41) is 5.56. The maximum Gasteiger partial charge on any atom is 0.257 e. The lowest BCUT2D eigenvalue weighted by atomic mass is 10.2. The number of rotatable bonds is 9. The summed E-state index contributed by atoms with van der Waals surface area (Å²) in [6.45, 7) is 4.87. The molecule has 0 aliphatic rings. The Labute approximate surface area is 190 Å². The van der Waals surface area contributed by atoms with Gasteiger partial charge >= 0.3 is 0 Å². The van der Waals surface area contributed by atoms with E-state index in [-0.39, 0.29) is 15.9 Å². The van der Waals surface area contributed by atoms with Crippen molar-refractivity contribution in [2.75, 3.05) is 18.5 Å². The lowest BCUT2D eigenvalue weighted by Gasteiger charge is -2.12. The Morgan fingerprint density at radius 3 is 2.40 bits per heavy atom. The fraction of sp³-hybridized carbons (Fsp3) is 0.300. The SMILES string of the molecule is CCCNS(=O)(=O)c1ccc(NC(=S)NC(=O)c2ccc(OCCC)c(Br)c2)cc1. The van der Waals surface area contributed by atoms with Gasteiger partial charge in [-0.05, 0) is 83.5 Å². The third-order valence-corrected chi connectivity index (χ3v) is 6.15. The summed E-state index contributed by atoms with van der Waals surface area (Å²) < 4.78 is 33.0. The second kappa shape index (κ2) is 11.4. The molecule has 0 aliphatic carbocycles. The fourth-order valence-corrected chi connectivity index (χ4v) is 4.18. The van der Waals surface area contributed by atoms with Crippen molar-refractivity contribution in [3.63, 3.8) is 0 Å². The maximum absolute atomic E-state index is 12.4. The summed E-state index contributed by atoms with van der Waals surface area (Å²) in [7, 11) is -3.53. The fourth-order valence-electron chi connectivity index (χ4n) is 2.35. The van der Waals surface area contributed by atoms with Crippen molar-refractivity contribution in [1.82, 2.24) is 10.0 Å². The van der Waals surface area contributed by atoms with Gasteiger partial charge in [-0.25, -0.2) is 13.1 Å². The highest BCUT2D eigenvalue weighted by molar-refractivity contribution is 9.10. The molecule has 0 atom stereocenters. The monoisotopic (exact) mass is 513 g/mol. The molecular formula is C20H24BrN3O4S2. The van der Waals surface area contributed by atoms with Crippen LogP contribution in [0.15, 0.2) is 51.8 Å². The zero-order valence-corrected chi connectivity index (χ0v) is 19.9. The molecule has 0 radical (unpaired) electrons. The summed E-state index contributed by atoms with van der Waals surface area (Å²) in [6, 6.07) is 11.1. The number of hydrogen-bond donors (Lipinski definition) is 3.